The normalized spacial score (nSPS) is 17.8. The molecule has 1 atom stereocenters. The highest BCUT2D eigenvalue weighted by Crippen LogP contribution is 2.34. The second kappa shape index (κ2) is 6.09. The molecule has 21 heavy (non-hydrogen) atoms. The summed E-state index contributed by atoms with van der Waals surface area (Å²) in [7, 11) is 1.49. The number of aromatic nitrogens is 2. The Bertz CT molecular complexity index is 617. The van der Waals surface area contributed by atoms with Gasteiger partial charge in [-0.05, 0) is 30.4 Å². The lowest BCUT2D eigenvalue weighted by atomic mass is 10.2. The molecule has 2 amide bonds. The van der Waals surface area contributed by atoms with Crippen LogP contribution in [0, 0.1) is 0 Å². The molecule has 3 rings (SSSR count). The van der Waals surface area contributed by atoms with Crippen molar-refractivity contribution in [2.45, 2.75) is 18.9 Å². The van der Waals surface area contributed by atoms with Crippen LogP contribution in [0.5, 0.6) is 6.01 Å². The van der Waals surface area contributed by atoms with Gasteiger partial charge in [0.2, 0.25) is 0 Å². The first kappa shape index (κ1) is 13.8. The molecule has 7 heteroatoms. The van der Waals surface area contributed by atoms with E-state index in [0.717, 1.165) is 19.4 Å². The summed E-state index contributed by atoms with van der Waals surface area (Å²) in [6, 6.07) is 6.01. The van der Waals surface area contributed by atoms with Gasteiger partial charge in [-0.2, -0.15) is 4.98 Å². The van der Waals surface area contributed by atoms with E-state index in [4.69, 9.17) is 4.74 Å². The van der Waals surface area contributed by atoms with Gasteiger partial charge in [0.25, 0.3) is 0 Å². The maximum Gasteiger partial charge on any atom is 0.323 e. The third kappa shape index (κ3) is 2.97. The van der Waals surface area contributed by atoms with E-state index in [-0.39, 0.29) is 18.1 Å². The molecule has 1 fully saturated rings. The first-order chi connectivity index (χ1) is 10.3. The minimum atomic E-state index is -0.133. The van der Waals surface area contributed by atoms with E-state index in [1.54, 1.807) is 23.6 Å². The summed E-state index contributed by atoms with van der Waals surface area (Å²) < 4.78 is 4.96. The van der Waals surface area contributed by atoms with Crippen molar-refractivity contribution in [1.82, 2.24) is 14.9 Å². The number of carbonyl (C=O) groups is 1. The minimum absolute atomic E-state index is 0.133. The average molecular weight is 304 g/mol. The van der Waals surface area contributed by atoms with Crippen LogP contribution in [0.15, 0.2) is 29.8 Å². The van der Waals surface area contributed by atoms with E-state index in [9.17, 15) is 4.79 Å². The zero-order valence-electron chi connectivity index (χ0n) is 11.7. The van der Waals surface area contributed by atoms with E-state index in [1.807, 2.05) is 16.3 Å². The largest absolute Gasteiger partial charge is 0.467 e. The fraction of sp³-hybridized carbons (Fsp3) is 0.357. The smallest absolute Gasteiger partial charge is 0.323 e. The molecular formula is C14H16N4O2S. The SMILES string of the molecule is COc1nccc(NC(=O)N2CCC[C@H]2c2cccs2)n1. The summed E-state index contributed by atoms with van der Waals surface area (Å²) in [5, 5.41) is 4.85. The maximum atomic E-state index is 12.4. The maximum absolute atomic E-state index is 12.4. The van der Waals surface area contributed by atoms with Gasteiger partial charge in [-0.15, -0.1) is 11.3 Å². The number of anilines is 1. The number of hydrogen-bond donors (Lipinski definition) is 1. The Morgan fingerprint density at radius 2 is 2.43 bits per heavy atom. The fourth-order valence-electron chi connectivity index (χ4n) is 2.48. The number of hydrogen-bond acceptors (Lipinski definition) is 5. The van der Waals surface area contributed by atoms with Crippen LogP contribution in [0.25, 0.3) is 0 Å². The van der Waals surface area contributed by atoms with E-state index >= 15 is 0 Å². The van der Waals surface area contributed by atoms with Crippen LogP contribution < -0.4 is 10.1 Å². The van der Waals surface area contributed by atoms with Crippen molar-refractivity contribution < 1.29 is 9.53 Å². The summed E-state index contributed by atoms with van der Waals surface area (Å²) in [6.45, 7) is 0.761. The van der Waals surface area contributed by atoms with E-state index < -0.39 is 0 Å². The van der Waals surface area contributed by atoms with Gasteiger partial charge in [0.1, 0.15) is 5.82 Å². The number of rotatable bonds is 3. The lowest BCUT2D eigenvalue weighted by Crippen LogP contribution is -2.34. The Kier molecular flexibility index (Phi) is 4.01. The van der Waals surface area contributed by atoms with Crippen molar-refractivity contribution in [3.8, 4) is 6.01 Å². The van der Waals surface area contributed by atoms with E-state index in [0.29, 0.717) is 5.82 Å². The zero-order chi connectivity index (χ0) is 14.7. The van der Waals surface area contributed by atoms with Gasteiger partial charge in [0.05, 0.1) is 13.2 Å². The first-order valence-electron chi connectivity index (χ1n) is 6.76. The van der Waals surface area contributed by atoms with Gasteiger partial charge in [0, 0.05) is 17.6 Å². The van der Waals surface area contributed by atoms with Crippen molar-refractivity contribution in [2.24, 2.45) is 0 Å². The fourth-order valence-corrected chi connectivity index (χ4v) is 3.35. The monoisotopic (exact) mass is 304 g/mol. The molecule has 2 aromatic rings. The van der Waals surface area contributed by atoms with Crippen molar-refractivity contribution >= 4 is 23.2 Å². The second-order valence-electron chi connectivity index (χ2n) is 4.73. The molecule has 1 saturated heterocycles. The molecule has 0 unspecified atom stereocenters. The third-order valence-electron chi connectivity index (χ3n) is 3.44. The topological polar surface area (TPSA) is 67.3 Å². The Morgan fingerprint density at radius 3 is 3.19 bits per heavy atom. The Labute approximate surface area is 126 Å². The number of urea groups is 1. The van der Waals surface area contributed by atoms with Gasteiger partial charge in [-0.25, -0.2) is 9.78 Å². The van der Waals surface area contributed by atoms with Crippen molar-refractivity contribution in [3.05, 3.63) is 34.7 Å². The molecule has 0 aromatic carbocycles. The van der Waals surface area contributed by atoms with Gasteiger partial charge < -0.3 is 9.64 Å². The number of methoxy groups -OCH3 is 1. The number of nitrogens with zero attached hydrogens (tertiary/aromatic N) is 3. The first-order valence-corrected chi connectivity index (χ1v) is 7.64. The third-order valence-corrected chi connectivity index (χ3v) is 4.41. The number of likely N-dealkylation sites (tertiary alicyclic amines) is 1. The molecule has 0 radical (unpaired) electrons. The predicted octanol–water partition coefficient (Wildman–Crippen LogP) is 2.92. The molecular weight excluding hydrogens is 288 g/mol. The molecule has 2 aromatic heterocycles. The van der Waals surface area contributed by atoms with Crippen LogP contribution in [-0.4, -0.2) is 34.6 Å². The Morgan fingerprint density at radius 1 is 1.52 bits per heavy atom. The molecule has 0 saturated carbocycles. The zero-order valence-corrected chi connectivity index (χ0v) is 12.5. The second-order valence-corrected chi connectivity index (χ2v) is 5.70. The highest BCUT2D eigenvalue weighted by molar-refractivity contribution is 7.10. The van der Waals surface area contributed by atoms with Crippen LogP contribution >= 0.6 is 11.3 Å². The predicted molar refractivity (Wildman–Crippen MR) is 80.6 cm³/mol. The standard InChI is InChI=1S/C14H16N4O2S/c1-20-13-15-7-6-12(16-13)17-14(19)18-8-2-4-10(18)11-5-3-9-21-11/h3,5-7,9-10H,2,4,8H2,1H3,(H,15,16,17,19)/t10-/m0/s1. The number of ether oxygens (including phenoxy) is 1. The number of amides is 2. The number of carbonyl (C=O) groups excluding carboxylic acids is 1. The summed E-state index contributed by atoms with van der Waals surface area (Å²) in [5.41, 5.74) is 0. The average Bonchev–Trinajstić information content (AvgIpc) is 3.18. The Hall–Kier alpha value is -2.15. The Balaban J connectivity index is 1.72. The number of nitrogens with one attached hydrogen (secondary N) is 1. The highest BCUT2D eigenvalue weighted by atomic mass is 32.1. The van der Waals surface area contributed by atoms with Crippen molar-refractivity contribution in [1.29, 1.82) is 0 Å². The van der Waals surface area contributed by atoms with Gasteiger partial charge in [0.15, 0.2) is 0 Å². The summed E-state index contributed by atoms with van der Waals surface area (Å²) >= 11 is 1.69. The van der Waals surface area contributed by atoms with E-state index in [1.165, 1.54) is 12.0 Å². The van der Waals surface area contributed by atoms with Gasteiger partial charge >= 0.3 is 12.0 Å². The lowest BCUT2D eigenvalue weighted by molar-refractivity contribution is 0.207. The number of thiophene rings is 1. The molecule has 6 nitrogen and oxygen atoms in total. The van der Waals surface area contributed by atoms with Crippen LogP contribution in [-0.2, 0) is 0 Å². The molecule has 0 bridgehead atoms. The molecule has 1 aliphatic heterocycles. The van der Waals surface area contributed by atoms with Gasteiger partial charge in [-0.3, -0.25) is 5.32 Å². The summed E-state index contributed by atoms with van der Waals surface area (Å²) in [6.07, 6.45) is 3.58. The van der Waals surface area contributed by atoms with Gasteiger partial charge in [-0.1, -0.05) is 6.07 Å². The molecule has 1 aliphatic rings. The molecule has 1 N–H and O–H groups in total. The quantitative estimate of drug-likeness (QED) is 0.946. The van der Waals surface area contributed by atoms with Crippen molar-refractivity contribution in [2.75, 3.05) is 19.0 Å². The summed E-state index contributed by atoms with van der Waals surface area (Å²) in [4.78, 5) is 23.5. The van der Waals surface area contributed by atoms with Crippen LogP contribution in [0.1, 0.15) is 23.8 Å². The lowest BCUT2D eigenvalue weighted by Gasteiger charge is -2.23. The van der Waals surface area contributed by atoms with Crippen LogP contribution in [0.3, 0.4) is 0 Å². The highest BCUT2D eigenvalue weighted by Gasteiger charge is 2.30. The van der Waals surface area contributed by atoms with Crippen molar-refractivity contribution in [3.63, 3.8) is 0 Å². The van der Waals surface area contributed by atoms with E-state index in [2.05, 4.69) is 21.4 Å². The summed E-state index contributed by atoms with van der Waals surface area (Å²) in [5.74, 6) is 0.448. The van der Waals surface area contributed by atoms with Crippen LogP contribution in [0.4, 0.5) is 10.6 Å². The minimum Gasteiger partial charge on any atom is -0.467 e. The molecule has 3 heterocycles. The molecule has 0 aliphatic carbocycles. The molecule has 0 spiro atoms. The van der Waals surface area contributed by atoms with Crippen LogP contribution in [0.2, 0.25) is 0 Å². The molecule has 110 valence electrons.